The molecule has 0 aliphatic carbocycles. The largest absolute Gasteiger partial charge is 0.506 e. The third kappa shape index (κ3) is 11.3. The van der Waals surface area contributed by atoms with E-state index in [1.807, 2.05) is 36.4 Å². The number of phenols is 1. The summed E-state index contributed by atoms with van der Waals surface area (Å²) in [6, 6.07) is 29.8. The Bertz CT molecular complexity index is 2270. The Hall–Kier alpha value is -5.95. The van der Waals surface area contributed by atoms with Crippen molar-refractivity contribution in [2.24, 2.45) is 0 Å². The van der Waals surface area contributed by atoms with Gasteiger partial charge in [0, 0.05) is 22.6 Å². The third-order valence-electron chi connectivity index (χ3n) is 9.91. The number of aromatic amines is 1. The van der Waals surface area contributed by atoms with E-state index in [1.54, 1.807) is 53.2 Å². The smallest absolute Gasteiger partial charge is 0.365 e. The first-order chi connectivity index (χ1) is 28.4. The van der Waals surface area contributed by atoms with Gasteiger partial charge >= 0.3 is 10.8 Å². The van der Waals surface area contributed by atoms with Crippen molar-refractivity contribution in [3.05, 3.63) is 124 Å². The molecule has 1 aromatic heterocycles. The summed E-state index contributed by atoms with van der Waals surface area (Å²) in [4.78, 5) is 25.7. The number of unbranched alkanes of at least 4 members (excludes halogenated alkanes) is 11. The normalized spacial score (nSPS) is 11.1. The Balaban J connectivity index is 1.09. The number of aromatic hydroxyl groups is 1. The SMILES string of the molecule is CCCCCCCCCCCCCCOc1ccccc1NC(=O)c1cc(Oc2ccc(CSc3nn[nH][n+]3-c3ccccc3)cc2[N+](=O)[O-])c2ccccc2c1O. The Morgan fingerprint density at radius 2 is 1.45 bits per heavy atom. The number of rotatable bonds is 23. The van der Waals surface area contributed by atoms with E-state index in [0.29, 0.717) is 45.3 Å². The molecule has 0 saturated heterocycles. The standard InChI is InChI=1S/C45H50N6O6S/c1-2-3-4-5-6-7-8-9-10-11-12-20-29-56-40-26-19-18-25-38(40)46-44(53)37-31-42(35-23-16-17-24-36(35)43(37)52)57-41-28-27-33(30-39(41)51(54)55)32-58-45-47-48-49-50(45)34-21-14-13-15-22-34/h13-19,21-28,30-31H,2-12,20,29,32H2,1H3,(H2,46,52,53)/p+1. The predicted octanol–water partition coefficient (Wildman–Crippen LogP) is 11.3. The number of fused-ring (bicyclic) bond motifs is 1. The van der Waals surface area contributed by atoms with Gasteiger partial charge in [-0.1, -0.05) is 143 Å². The highest BCUT2D eigenvalue weighted by Crippen LogP contribution is 2.41. The van der Waals surface area contributed by atoms with Crippen LogP contribution in [0.4, 0.5) is 11.4 Å². The molecule has 1 heterocycles. The number of amides is 1. The lowest BCUT2D eigenvalue weighted by Crippen LogP contribution is -2.34. The molecule has 6 aromatic rings. The Labute approximate surface area is 343 Å². The summed E-state index contributed by atoms with van der Waals surface area (Å²) in [5, 5.41) is 38.9. The number of carbonyl (C=O) groups excluding carboxylic acids is 1. The topological polar surface area (TPSA) is 156 Å². The van der Waals surface area contributed by atoms with Gasteiger partial charge in [0.25, 0.3) is 5.91 Å². The number of aromatic nitrogens is 4. The first-order valence-corrected chi connectivity index (χ1v) is 21.2. The minimum Gasteiger partial charge on any atom is -0.506 e. The number of H-pyrrole nitrogens is 1. The zero-order chi connectivity index (χ0) is 40.5. The van der Waals surface area contributed by atoms with E-state index in [2.05, 4.69) is 27.8 Å². The van der Waals surface area contributed by atoms with Crippen LogP contribution in [0.5, 0.6) is 23.0 Å². The van der Waals surface area contributed by atoms with Gasteiger partial charge in [-0.25, -0.2) is 0 Å². The van der Waals surface area contributed by atoms with Crippen LogP contribution in [0.3, 0.4) is 0 Å². The average Bonchev–Trinajstić information content (AvgIpc) is 3.72. The molecule has 0 spiro atoms. The minimum absolute atomic E-state index is 0.0155. The zero-order valence-electron chi connectivity index (χ0n) is 32.9. The lowest BCUT2D eigenvalue weighted by molar-refractivity contribution is -0.697. The van der Waals surface area contributed by atoms with Crippen LogP contribution in [0.2, 0.25) is 0 Å². The highest BCUT2D eigenvalue weighted by atomic mass is 32.2. The van der Waals surface area contributed by atoms with Crippen molar-refractivity contribution in [3.8, 4) is 28.7 Å². The van der Waals surface area contributed by atoms with Gasteiger partial charge in [0.1, 0.15) is 28.0 Å². The van der Waals surface area contributed by atoms with E-state index in [0.717, 1.165) is 18.5 Å². The maximum absolute atomic E-state index is 13.8. The van der Waals surface area contributed by atoms with Crippen LogP contribution in [0.25, 0.3) is 16.5 Å². The second-order valence-corrected chi connectivity index (χ2v) is 15.2. The van der Waals surface area contributed by atoms with E-state index in [-0.39, 0.29) is 28.5 Å². The molecule has 5 aromatic carbocycles. The van der Waals surface area contributed by atoms with Gasteiger partial charge in [0.05, 0.1) is 22.8 Å². The Kier molecular flexibility index (Phi) is 15.5. The fourth-order valence-electron chi connectivity index (χ4n) is 6.78. The van der Waals surface area contributed by atoms with E-state index in [4.69, 9.17) is 9.47 Å². The number of nitrogens with one attached hydrogen (secondary N) is 2. The van der Waals surface area contributed by atoms with Crippen molar-refractivity contribution in [2.45, 2.75) is 94.9 Å². The summed E-state index contributed by atoms with van der Waals surface area (Å²) in [7, 11) is 0. The molecule has 58 heavy (non-hydrogen) atoms. The number of anilines is 1. The van der Waals surface area contributed by atoms with Crippen molar-refractivity contribution < 1.29 is 29.0 Å². The minimum atomic E-state index is -0.586. The number of tetrazole rings is 1. The number of nitro benzene ring substituents is 1. The number of thioether (sulfide) groups is 1. The Morgan fingerprint density at radius 3 is 2.17 bits per heavy atom. The lowest BCUT2D eigenvalue weighted by Gasteiger charge is -2.16. The molecule has 13 heteroatoms. The van der Waals surface area contributed by atoms with Crippen LogP contribution in [0, 0.1) is 10.1 Å². The number of nitrogens with zero attached hydrogens (tertiary/aromatic N) is 4. The highest BCUT2D eigenvalue weighted by Gasteiger charge is 2.24. The van der Waals surface area contributed by atoms with Crippen LogP contribution in [-0.4, -0.2) is 38.1 Å². The van der Waals surface area contributed by atoms with E-state index < -0.39 is 10.8 Å². The summed E-state index contributed by atoms with van der Waals surface area (Å²) in [6.45, 7) is 2.77. The van der Waals surface area contributed by atoms with Gasteiger partial charge in [0.15, 0.2) is 5.21 Å². The highest BCUT2D eigenvalue weighted by molar-refractivity contribution is 7.98. The maximum atomic E-state index is 13.8. The first-order valence-electron chi connectivity index (χ1n) is 20.2. The molecular formula is C45H51N6O6S+. The molecule has 0 aliphatic rings. The molecule has 0 bridgehead atoms. The van der Waals surface area contributed by atoms with Crippen molar-refractivity contribution in [1.82, 2.24) is 15.5 Å². The number of nitro groups is 1. The number of phenolic OH excluding ortho intramolecular Hbond substituents is 1. The number of hydrogen-bond donors (Lipinski definition) is 3. The maximum Gasteiger partial charge on any atom is 0.365 e. The van der Waals surface area contributed by atoms with Crippen LogP contribution in [0.1, 0.15) is 99.9 Å². The number of ether oxygens (including phenoxy) is 2. The fraction of sp³-hybridized carbons (Fsp3) is 0.333. The van der Waals surface area contributed by atoms with Crippen LogP contribution >= 0.6 is 11.8 Å². The van der Waals surface area contributed by atoms with Gasteiger partial charge in [-0.15, -0.1) is 4.68 Å². The molecule has 0 unspecified atom stereocenters. The van der Waals surface area contributed by atoms with Crippen molar-refractivity contribution in [3.63, 3.8) is 0 Å². The van der Waals surface area contributed by atoms with Crippen LogP contribution in [-0.2, 0) is 5.75 Å². The predicted molar refractivity (Wildman–Crippen MR) is 227 cm³/mol. The molecule has 302 valence electrons. The van der Waals surface area contributed by atoms with Crippen molar-refractivity contribution in [1.29, 1.82) is 0 Å². The number of carbonyl (C=O) groups is 1. The van der Waals surface area contributed by atoms with E-state index in [1.165, 1.54) is 94.2 Å². The van der Waals surface area contributed by atoms with E-state index >= 15 is 0 Å². The molecule has 0 aliphatic heterocycles. The summed E-state index contributed by atoms with van der Waals surface area (Å²) in [6.07, 6.45) is 15.0. The first kappa shape index (κ1) is 41.7. The summed E-state index contributed by atoms with van der Waals surface area (Å²) in [5.74, 6) is 0.236. The number of hydrogen-bond acceptors (Lipinski definition) is 9. The Morgan fingerprint density at radius 1 is 0.793 bits per heavy atom. The molecule has 3 N–H and O–H groups in total. The average molecular weight is 804 g/mol. The van der Waals surface area contributed by atoms with Gasteiger partial charge in [-0.3, -0.25) is 14.9 Å². The van der Waals surface area contributed by atoms with Crippen molar-refractivity contribution in [2.75, 3.05) is 11.9 Å². The molecule has 1 amide bonds. The third-order valence-corrected chi connectivity index (χ3v) is 10.9. The molecule has 6 rings (SSSR count). The number of benzene rings is 5. The second-order valence-electron chi connectivity index (χ2n) is 14.2. The molecule has 0 fully saturated rings. The van der Waals surface area contributed by atoms with Gasteiger partial charge in [-0.2, -0.15) is 0 Å². The van der Waals surface area contributed by atoms with Crippen LogP contribution in [0.15, 0.2) is 108 Å². The van der Waals surface area contributed by atoms with E-state index in [9.17, 15) is 20.0 Å². The zero-order valence-corrected chi connectivity index (χ0v) is 33.7. The summed E-state index contributed by atoms with van der Waals surface area (Å²) in [5.41, 5.74) is 1.67. The summed E-state index contributed by atoms with van der Waals surface area (Å²) < 4.78 is 14.1. The molecular weight excluding hydrogens is 753 g/mol. The lowest BCUT2D eigenvalue weighted by atomic mass is 10.0. The molecule has 0 radical (unpaired) electrons. The molecule has 0 saturated carbocycles. The monoisotopic (exact) mass is 803 g/mol. The molecule has 12 nitrogen and oxygen atoms in total. The number of para-hydroxylation sites is 3. The van der Waals surface area contributed by atoms with Crippen molar-refractivity contribution >= 4 is 39.8 Å². The van der Waals surface area contributed by atoms with Gasteiger partial charge in [0.2, 0.25) is 5.75 Å². The second kappa shape index (κ2) is 21.5. The van der Waals surface area contributed by atoms with Crippen LogP contribution < -0.4 is 19.5 Å². The fourth-order valence-corrected chi connectivity index (χ4v) is 7.63. The molecule has 0 atom stereocenters. The van der Waals surface area contributed by atoms with Gasteiger partial charge in [-0.05, 0) is 60.1 Å². The van der Waals surface area contributed by atoms with Gasteiger partial charge < -0.3 is 19.9 Å². The summed E-state index contributed by atoms with van der Waals surface area (Å²) >= 11 is 1.37. The quantitative estimate of drug-likeness (QED) is 0.0189.